The fourth-order valence-electron chi connectivity index (χ4n) is 4.78. The van der Waals surface area contributed by atoms with Crippen LogP contribution < -0.4 is 19.7 Å². The fraction of sp³-hybridized carbons (Fsp3) is 0.500. The zero-order valence-corrected chi connectivity index (χ0v) is 22.1. The summed E-state index contributed by atoms with van der Waals surface area (Å²) in [5.41, 5.74) is 0. The molecule has 3 aromatic rings. The maximum Gasteiger partial charge on any atom is 0.289 e. The smallest absolute Gasteiger partial charge is 0.289 e. The van der Waals surface area contributed by atoms with Gasteiger partial charge in [0.25, 0.3) is 5.91 Å². The van der Waals surface area contributed by atoms with Gasteiger partial charge in [-0.3, -0.25) is 4.79 Å². The molecule has 5 rings (SSSR count). The minimum Gasteiger partial charge on any atom is -0.489 e. The van der Waals surface area contributed by atoms with Gasteiger partial charge in [-0.2, -0.15) is 4.98 Å². The van der Waals surface area contributed by atoms with Gasteiger partial charge in [-0.05, 0) is 57.3 Å². The lowest BCUT2D eigenvalue weighted by molar-refractivity contribution is 0.0881. The average molecular weight is 521 g/mol. The lowest BCUT2D eigenvalue weighted by atomic mass is 9.93. The molecular formula is C28H36N6O4. The highest BCUT2D eigenvalue weighted by atomic mass is 16.5. The number of likely N-dealkylation sites (N-methyl/N-ethyl adjacent to an activating group) is 1. The molecule has 38 heavy (non-hydrogen) atoms. The first kappa shape index (κ1) is 26.1. The Morgan fingerprint density at radius 3 is 2.58 bits per heavy atom. The van der Waals surface area contributed by atoms with Crippen molar-refractivity contribution in [3.63, 3.8) is 0 Å². The number of amides is 1. The minimum absolute atomic E-state index is 0.0499. The van der Waals surface area contributed by atoms with Crippen molar-refractivity contribution in [2.45, 2.75) is 37.8 Å². The van der Waals surface area contributed by atoms with Crippen molar-refractivity contribution in [3.05, 3.63) is 48.5 Å². The molecule has 3 heterocycles. The number of nitrogens with one attached hydrogen (secondary N) is 1. The minimum atomic E-state index is -0.264. The van der Waals surface area contributed by atoms with E-state index in [0.29, 0.717) is 31.5 Å². The molecule has 0 spiro atoms. The number of nitrogens with zero attached hydrogens (tertiary/aromatic N) is 5. The van der Waals surface area contributed by atoms with Crippen molar-refractivity contribution in [1.29, 1.82) is 0 Å². The second-order valence-corrected chi connectivity index (χ2v) is 10.1. The summed E-state index contributed by atoms with van der Waals surface area (Å²) in [4.78, 5) is 30.3. The van der Waals surface area contributed by atoms with Crippen LogP contribution in [0.2, 0.25) is 0 Å². The van der Waals surface area contributed by atoms with Gasteiger partial charge in [-0.1, -0.05) is 18.2 Å². The highest BCUT2D eigenvalue weighted by molar-refractivity contribution is 5.90. The first-order valence-corrected chi connectivity index (χ1v) is 13.3. The molecule has 202 valence electrons. The summed E-state index contributed by atoms with van der Waals surface area (Å²) in [6.45, 7) is 4.40. The van der Waals surface area contributed by atoms with Gasteiger partial charge < -0.3 is 29.3 Å². The van der Waals surface area contributed by atoms with Crippen LogP contribution in [0.3, 0.4) is 0 Å². The number of aromatic nitrogens is 3. The van der Waals surface area contributed by atoms with E-state index in [1.54, 1.807) is 12.4 Å². The van der Waals surface area contributed by atoms with Crippen LogP contribution in [-0.4, -0.2) is 91.5 Å². The summed E-state index contributed by atoms with van der Waals surface area (Å²) in [5.74, 6) is 2.05. The number of carbonyl (C=O) groups excluding carboxylic acids is 1. The van der Waals surface area contributed by atoms with Crippen LogP contribution in [0.4, 0.5) is 5.82 Å². The maximum absolute atomic E-state index is 12.7. The van der Waals surface area contributed by atoms with E-state index < -0.39 is 0 Å². The van der Waals surface area contributed by atoms with Crippen molar-refractivity contribution in [2.75, 3.05) is 58.5 Å². The van der Waals surface area contributed by atoms with Crippen LogP contribution in [0.5, 0.6) is 11.6 Å². The fourth-order valence-corrected chi connectivity index (χ4v) is 4.78. The molecule has 1 aromatic carbocycles. The number of hydrogen-bond acceptors (Lipinski definition) is 9. The van der Waals surface area contributed by atoms with Gasteiger partial charge in [-0.25, -0.2) is 9.97 Å². The molecule has 1 N–H and O–H groups in total. The van der Waals surface area contributed by atoms with E-state index in [4.69, 9.17) is 19.2 Å². The van der Waals surface area contributed by atoms with E-state index in [1.165, 1.54) is 0 Å². The molecule has 1 amide bonds. The van der Waals surface area contributed by atoms with Crippen LogP contribution in [0.15, 0.2) is 42.7 Å². The van der Waals surface area contributed by atoms with Gasteiger partial charge in [0.05, 0.1) is 25.6 Å². The third-order valence-corrected chi connectivity index (χ3v) is 6.95. The molecule has 1 saturated heterocycles. The van der Waals surface area contributed by atoms with Gasteiger partial charge in [0.1, 0.15) is 18.5 Å². The highest BCUT2D eigenvalue weighted by Gasteiger charge is 2.26. The van der Waals surface area contributed by atoms with E-state index in [2.05, 4.69) is 38.4 Å². The number of benzene rings is 1. The Bertz CT molecular complexity index is 1210. The summed E-state index contributed by atoms with van der Waals surface area (Å²) in [5, 5.41) is 5.22. The molecule has 1 saturated carbocycles. The van der Waals surface area contributed by atoms with Crippen molar-refractivity contribution >= 4 is 22.5 Å². The molecule has 1 aliphatic carbocycles. The molecule has 2 aliphatic rings. The van der Waals surface area contributed by atoms with Gasteiger partial charge in [0.2, 0.25) is 11.7 Å². The SMILES string of the molecule is CN(C)CCOc1cnc(C(=O)N[C@H]2CC[C@@H](Oc3nc(N4CCOCC4)cc4ccccc34)CC2)nc1. The second-order valence-electron chi connectivity index (χ2n) is 10.1. The number of carbonyl (C=O) groups is 1. The Kier molecular flexibility index (Phi) is 8.50. The number of ether oxygens (including phenoxy) is 3. The number of anilines is 1. The molecule has 2 aromatic heterocycles. The van der Waals surface area contributed by atoms with Crippen LogP contribution in [0, 0.1) is 0 Å². The van der Waals surface area contributed by atoms with Crippen molar-refractivity contribution in [1.82, 2.24) is 25.2 Å². The van der Waals surface area contributed by atoms with E-state index in [1.807, 2.05) is 31.1 Å². The Labute approximate surface area is 223 Å². The predicted octanol–water partition coefficient (Wildman–Crippen LogP) is 2.92. The Balaban J connectivity index is 1.15. The number of fused-ring (bicyclic) bond motifs is 1. The molecule has 10 nitrogen and oxygen atoms in total. The Morgan fingerprint density at radius 2 is 1.84 bits per heavy atom. The highest BCUT2D eigenvalue weighted by Crippen LogP contribution is 2.31. The van der Waals surface area contributed by atoms with E-state index in [-0.39, 0.29) is 23.9 Å². The summed E-state index contributed by atoms with van der Waals surface area (Å²) in [7, 11) is 3.96. The third-order valence-electron chi connectivity index (χ3n) is 6.95. The molecular weight excluding hydrogens is 484 g/mol. The molecule has 1 aliphatic heterocycles. The number of morpholine rings is 1. The molecule has 0 radical (unpaired) electrons. The van der Waals surface area contributed by atoms with Crippen LogP contribution in [0.1, 0.15) is 36.3 Å². The van der Waals surface area contributed by atoms with Gasteiger partial charge >= 0.3 is 0 Å². The molecule has 0 unspecified atom stereocenters. The lowest BCUT2D eigenvalue weighted by Gasteiger charge is -2.31. The first-order valence-electron chi connectivity index (χ1n) is 13.3. The normalized spacial score (nSPS) is 19.9. The zero-order valence-electron chi connectivity index (χ0n) is 22.1. The lowest BCUT2D eigenvalue weighted by Crippen LogP contribution is -2.40. The summed E-state index contributed by atoms with van der Waals surface area (Å²) < 4.78 is 17.6. The molecule has 10 heteroatoms. The van der Waals surface area contributed by atoms with Crippen molar-refractivity contribution in [2.24, 2.45) is 0 Å². The predicted molar refractivity (Wildman–Crippen MR) is 145 cm³/mol. The Hall–Kier alpha value is -3.50. The average Bonchev–Trinajstić information content (AvgIpc) is 2.94. The number of pyridine rings is 1. The van der Waals surface area contributed by atoms with Gasteiger partial charge in [0.15, 0.2) is 5.75 Å². The number of hydrogen-bond donors (Lipinski definition) is 1. The molecule has 0 atom stereocenters. The first-order chi connectivity index (χ1) is 18.5. The summed E-state index contributed by atoms with van der Waals surface area (Å²) in [6.07, 6.45) is 6.46. The van der Waals surface area contributed by atoms with Gasteiger partial charge in [0, 0.05) is 31.1 Å². The monoisotopic (exact) mass is 520 g/mol. The summed E-state index contributed by atoms with van der Waals surface area (Å²) in [6, 6.07) is 10.4. The zero-order chi connectivity index (χ0) is 26.3. The van der Waals surface area contributed by atoms with Crippen molar-refractivity contribution in [3.8, 4) is 11.6 Å². The van der Waals surface area contributed by atoms with Crippen LogP contribution in [0.25, 0.3) is 10.8 Å². The topological polar surface area (TPSA) is 102 Å². The molecule has 0 bridgehead atoms. The summed E-state index contributed by atoms with van der Waals surface area (Å²) >= 11 is 0. The second kappa shape index (κ2) is 12.4. The van der Waals surface area contributed by atoms with Crippen LogP contribution >= 0.6 is 0 Å². The van der Waals surface area contributed by atoms with E-state index in [9.17, 15) is 4.79 Å². The largest absolute Gasteiger partial charge is 0.489 e. The van der Waals surface area contributed by atoms with Crippen LogP contribution in [-0.2, 0) is 4.74 Å². The quantitative estimate of drug-likeness (QED) is 0.456. The Morgan fingerprint density at radius 1 is 1.11 bits per heavy atom. The van der Waals surface area contributed by atoms with Gasteiger partial charge in [-0.15, -0.1) is 0 Å². The number of rotatable bonds is 9. The van der Waals surface area contributed by atoms with Crippen molar-refractivity contribution < 1.29 is 19.0 Å². The molecule has 2 fully saturated rings. The van der Waals surface area contributed by atoms with E-state index in [0.717, 1.165) is 61.9 Å². The standard InChI is InChI=1S/C28H36N6O4/c1-33(2)11-16-37-23-18-29-26(30-19-23)27(35)31-21-7-9-22(10-8-21)38-28-24-6-4-3-5-20(24)17-25(32-28)34-12-14-36-15-13-34/h3-6,17-19,21-22H,7-16H2,1-2H3,(H,31,35)/t21-,22+. The third kappa shape index (κ3) is 6.68. The maximum atomic E-state index is 12.7. The van der Waals surface area contributed by atoms with E-state index >= 15 is 0 Å².